The lowest BCUT2D eigenvalue weighted by atomic mass is 10.0. The number of hydrogen-bond acceptors (Lipinski definition) is 4. The normalized spacial score (nSPS) is 12.7. The number of nitrogen functional groups attached to an aromatic ring is 1. The van der Waals surface area contributed by atoms with Gasteiger partial charge in [0.05, 0.1) is 19.0 Å². The number of halogens is 2. The zero-order chi connectivity index (χ0) is 20.5. The highest BCUT2D eigenvalue weighted by Gasteiger charge is 2.27. The number of H-pyrrole nitrogens is 1. The van der Waals surface area contributed by atoms with Crippen LogP contribution in [0.15, 0.2) is 36.5 Å². The maximum Gasteiger partial charge on any atom is 0.322 e. The van der Waals surface area contributed by atoms with E-state index in [1.165, 1.54) is 36.4 Å². The number of anilines is 2. The Balaban J connectivity index is 1.52. The first-order chi connectivity index (χ1) is 14.0. The highest BCUT2D eigenvalue weighted by atomic mass is 19.1. The van der Waals surface area contributed by atoms with Crippen LogP contribution in [0.2, 0.25) is 0 Å². The Morgan fingerprint density at radius 3 is 2.83 bits per heavy atom. The maximum absolute atomic E-state index is 14.7. The van der Waals surface area contributed by atoms with Crippen molar-refractivity contribution in [3.05, 3.63) is 59.3 Å². The van der Waals surface area contributed by atoms with E-state index in [9.17, 15) is 13.6 Å². The van der Waals surface area contributed by atoms with Crippen molar-refractivity contribution in [2.75, 3.05) is 24.3 Å². The summed E-state index contributed by atoms with van der Waals surface area (Å²) in [7, 11) is 1.44. The maximum atomic E-state index is 14.7. The average molecular weight is 399 g/mol. The van der Waals surface area contributed by atoms with E-state index in [1.54, 1.807) is 12.1 Å². The van der Waals surface area contributed by atoms with Crippen molar-refractivity contribution in [3.63, 3.8) is 0 Å². The lowest BCUT2D eigenvalue weighted by molar-refractivity contribution is 0.246. The second-order valence-corrected chi connectivity index (χ2v) is 6.72. The highest BCUT2D eigenvalue weighted by molar-refractivity contribution is 5.95. The van der Waals surface area contributed by atoms with Crippen LogP contribution in [0.1, 0.15) is 11.1 Å². The predicted octanol–water partition coefficient (Wildman–Crippen LogP) is 3.22. The second-order valence-electron chi connectivity index (χ2n) is 6.72. The third-order valence-electron chi connectivity index (χ3n) is 4.88. The topological polar surface area (TPSA) is 96.3 Å². The number of aromatic nitrogens is 2. The summed E-state index contributed by atoms with van der Waals surface area (Å²) in [5.41, 5.74) is 8.51. The summed E-state index contributed by atoms with van der Waals surface area (Å²) >= 11 is 0. The molecule has 9 heteroatoms. The first kappa shape index (κ1) is 18.7. The van der Waals surface area contributed by atoms with Gasteiger partial charge in [0.15, 0.2) is 0 Å². The van der Waals surface area contributed by atoms with E-state index in [0.717, 1.165) is 5.56 Å². The van der Waals surface area contributed by atoms with Crippen molar-refractivity contribution in [1.29, 1.82) is 0 Å². The van der Waals surface area contributed by atoms with E-state index < -0.39 is 11.6 Å². The molecule has 2 heterocycles. The predicted molar refractivity (Wildman–Crippen MR) is 105 cm³/mol. The van der Waals surface area contributed by atoms with Gasteiger partial charge in [-0.3, -0.25) is 10.00 Å². The van der Waals surface area contributed by atoms with Crippen LogP contribution in [0.5, 0.6) is 5.75 Å². The molecule has 1 aliphatic heterocycles. The number of ether oxygens (including phenoxy) is 1. The summed E-state index contributed by atoms with van der Waals surface area (Å²) in [6, 6.07) is 6.85. The number of carbonyl (C=O) groups is 1. The van der Waals surface area contributed by atoms with Gasteiger partial charge in [0.1, 0.15) is 23.2 Å². The van der Waals surface area contributed by atoms with E-state index >= 15 is 0 Å². The van der Waals surface area contributed by atoms with Gasteiger partial charge in [-0.15, -0.1) is 0 Å². The van der Waals surface area contributed by atoms with Gasteiger partial charge in [0.2, 0.25) is 0 Å². The number of fused-ring (bicyclic) bond motifs is 1. The van der Waals surface area contributed by atoms with Crippen molar-refractivity contribution in [3.8, 4) is 16.9 Å². The fourth-order valence-electron chi connectivity index (χ4n) is 3.45. The molecule has 7 nitrogen and oxygen atoms in total. The molecule has 4 N–H and O–H groups in total. The Kier molecular flexibility index (Phi) is 4.79. The van der Waals surface area contributed by atoms with Crippen molar-refractivity contribution < 1.29 is 18.3 Å². The van der Waals surface area contributed by atoms with Gasteiger partial charge in [-0.05, 0) is 41.8 Å². The number of nitrogens with two attached hydrogens (primary N) is 1. The fraction of sp³-hybridized carbons (Fsp3) is 0.200. The number of urea groups is 1. The largest absolute Gasteiger partial charge is 0.497 e. The Bertz CT molecular complexity index is 1080. The quantitative estimate of drug-likeness (QED) is 0.628. The fourth-order valence-corrected chi connectivity index (χ4v) is 3.45. The van der Waals surface area contributed by atoms with Crippen LogP contribution in [-0.4, -0.2) is 29.9 Å². The van der Waals surface area contributed by atoms with Crippen LogP contribution in [-0.2, 0) is 13.0 Å². The van der Waals surface area contributed by atoms with Crippen LogP contribution in [0.4, 0.5) is 25.1 Å². The van der Waals surface area contributed by atoms with Crippen LogP contribution in [0.25, 0.3) is 11.1 Å². The van der Waals surface area contributed by atoms with Gasteiger partial charge in [-0.1, -0.05) is 0 Å². The molecule has 29 heavy (non-hydrogen) atoms. The summed E-state index contributed by atoms with van der Waals surface area (Å²) in [5.74, 6) is -0.296. The molecule has 2 amide bonds. The van der Waals surface area contributed by atoms with Crippen molar-refractivity contribution in [1.82, 2.24) is 15.5 Å². The van der Waals surface area contributed by atoms with Crippen LogP contribution < -0.4 is 20.7 Å². The van der Waals surface area contributed by atoms with Crippen molar-refractivity contribution >= 4 is 17.5 Å². The van der Waals surface area contributed by atoms with Crippen LogP contribution in [0, 0.1) is 11.6 Å². The van der Waals surface area contributed by atoms with Gasteiger partial charge in [-0.25, -0.2) is 13.6 Å². The number of amides is 2. The Labute approximate surface area is 165 Å². The number of nitrogens with zero attached hydrogens (tertiary/aromatic N) is 2. The van der Waals surface area contributed by atoms with E-state index in [-0.39, 0.29) is 18.4 Å². The molecule has 150 valence electrons. The smallest absolute Gasteiger partial charge is 0.322 e. The van der Waals surface area contributed by atoms with Crippen LogP contribution >= 0.6 is 0 Å². The molecule has 0 saturated heterocycles. The lowest BCUT2D eigenvalue weighted by Crippen LogP contribution is -2.38. The van der Waals surface area contributed by atoms with Gasteiger partial charge in [0.25, 0.3) is 0 Å². The molecule has 4 rings (SSSR count). The molecule has 0 atom stereocenters. The second kappa shape index (κ2) is 7.42. The first-order valence-corrected chi connectivity index (χ1v) is 8.96. The van der Waals surface area contributed by atoms with Crippen molar-refractivity contribution in [2.24, 2.45) is 0 Å². The molecule has 0 radical (unpaired) electrons. The van der Waals surface area contributed by atoms with Gasteiger partial charge in [0, 0.05) is 30.3 Å². The molecule has 2 aromatic carbocycles. The van der Waals surface area contributed by atoms with Gasteiger partial charge in [-0.2, -0.15) is 5.10 Å². The monoisotopic (exact) mass is 399 g/mol. The first-order valence-electron chi connectivity index (χ1n) is 8.96. The summed E-state index contributed by atoms with van der Waals surface area (Å²) < 4.78 is 33.3. The third kappa shape index (κ3) is 3.58. The summed E-state index contributed by atoms with van der Waals surface area (Å²) in [5, 5.41) is 9.14. The van der Waals surface area contributed by atoms with Gasteiger partial charge >= 0.3 is 6.03 Å². The Morgan fingerprint density at radius 2 is 2.10 bits per heavy atom. The minimum absolute atomic E-state index is 0.116. The van der Waals surface area contributed by atoms with Gasteiger partial charge < -0.3 is 15.8 Å². The molecule has 0 bridgehead atoms. The van der Waals surface area contributed by atoms with E-state index in [4.69, 9.17) is 10.5 Å². The minimum Gasteiger partial charge on any atom is -0.497 e. The molecule has 1 aromatic heterocycles. The number of aromatic amines is 1. The summed E-state index contributed by atoms with van der Waals surface area (Å²) in [4.78, 5) is 14.1. The molecule has 0 aliphatic carbocycles. The molecule has 0 saturated carbocycles. The number of rotatable bonds is 4. The highest BCUT2D eigenvalue weighted by Crippen LogP contribution is 2.36. The zero-order valence-corrected chi connectivity index (χ0v) is 15.6. The molecule has 0 unspecified atom stereocenters. The summed E-state index contributed by atoms with van der Waals surface area (Å²) in [6.07, 6.45) is 2.05. The van der Waals surface area contributed by atoms with E-state index in [0.29, 0.717) is 41.1 Å². The molecule has 0 spiro atoms. The number of carbonyl (C=O) groups excluding carboxylic acids is 1. The molecule has 3 aromatic rings. The number of benzene rings is 2. The molecular formula is C20H19F2N5O2. The standard InChI is InChI=1S/C20H19F2N5O2/c1-29-14-5-11(4-13(21)7-14)9-24-20(28)27-3-2-12-6-15(17(22)8-18(12)27)16-10-25-26-19(16)23/h4-8,10H,2-3,9H2,1H3,(H,24,28)(H3,23,25,26). The SMILES string of the molecule is COc1cc(F)cc(CNC(=O)N2CCc3cc(-c4cn[nH]c4N)c(F)cc32)c1. The molecule has 0 fully saturated rings. The summed E-state index contributed by atoms with van der Waals surface area (Å²) in [6.45, 7) is 0.530. The van der Waals surface area contributed by atoms with Crippen molar-refractivity contribution in [2.45, 2.75) is 13.0 Å². The average Bonchev–Trinajstić information content (AvgIpc) is 3.30. The van der Waals surface area contributed by atoms with Crippen LogP contribution in [0.3, 0.4) is 0 Å². The number of nitrogens with one attached hydrogen (secondary N) is 2. The number of hydrogen-bond donors (Lipinski definition) is 3. The third-order valence-corrected chi connectivity index (χ3v) is 4.88. The zero-order valence-electron chi connectivity index (χ0n) is 15.6. The van der Waals surface area contributed by atoms with E-state index in [1.807, 2.05) is 0 Å². The van der Waals surface area contributed by atoms with E-state index in [2.05, 4.69) is 15.5 Å². The molecular weight excluding hydrogens is 380 g/mol. The Hall–Kier alpha value is -3.62. The molecule has 1 aliphatic rings. The Morgan fingerprint density at radius 1 is 1.28 bits per heavy atom. The lowest BCUT2D eigenvalue weighted by Gasteiger charge is -2.19. The minimum atomic E-state index is -0.494. The number of methoxy groups -OCH3 is 1.